The summed E-state index contributed by atoms with van der Waals surface area (Å²) in [4.78, 5) is 6.87. The van der Waals surface area contributed by atoms with E-state index in [9.17, 15) is 0 Å². The average molecular weight is 336 g/mol. The van der Waals surface area contributed by atoms with Gasteiger partial charge in [0, 0.05) is 17.4 Å². The topological polar surface area (TPSA) is 42.2 Å². The van der Waals surface area contributed by atoms with Crippen molar-refractivity contribution in [2.45, 2.75) is 26.3 Å². The maximum absolute atomic E-state index is 5.35. The third-order valence-corrected chi connectivity index (χ3v) is 4.12. The second kappa shape index (κ2) is 6.06. The second-order valence-corrected chi connectivity index (χ2v) is 6.46. The van der Waals surface area contributed by atoms with E-state index in [1.165, 1.54) is 12.0 Å². The van der Waals surface area contributed by atoms with Crippen molar-refractivity contribution < 1.29 is 4.52 Å². The number of nitrogens with zero attached hydrogens (tertiary/aromatic N) is 3. The molecule has 5 heteroatoms. The number of likely N-dealkylation sites (tertiary alicyclic amines) is 1. The van der Waals surface area contributed by atoms with Crippen LogP contribution in [0.25, 0.3) is 0 Å². The summed E-state index contributed by atoms with van der Waals surface area (Å²) in [6.45, 7) is 5.32. The Morgan fingerprint density at radius 3 is 3.10 bits per heavy atom. The van der Waals surface area contributed by atoms with Gasteiger partial charge in [-0.2, -0.15) is 4.98 Å². The average Bonchev–Trinajstić information content (AvgIpc) is 3.00. The van der Waals surface area contributed by atoms with E-state index in [4.69, 9.17) is 4.52 Å². The Balaban J connectivity index is 1.62. The van der Waals surface area contributed by atoms with Gasteiger partial charge in [0.1, 0.15) is 0 Å². The highest BCUT2D eigenvalue weighted by Gasteiger charge is 2.20. The number of hydrogen-bond donors (Lipinski definition) is 0. The molecule has 0 N–H and O–H groups in total. The molecule has 1 atom stereocenters. The summed E-state index contributed by atoms with van der Waals surface area (Å²) in [5.41, 5.74) is 1.18. The molecule has 3 rings (SSSR count). The van der Waals surface area contributed by atoms with E-state index in [-0.39, 0.29) is 0 Å². The SMILES string of the molecule is CC1CCN(Cc2nc(Cc3cccc(Br)c3)no2)C1. The summed E-state index contributed by atoms with van der Waals surface area (Å²) in [6.07, 6.45) is 1.97. The van der Waals surface area contributed by atoms with E-state index in [0.717, 1.165) is 41.7 Å². The van der Waals surface area contributed by atoms with Crippen molar-refractivity contribution in [2.75, 3.05) is 13.1 Å². The van der Waals surface area contributed by atoms with Gasteiger partial charge in [-0.3, -0.25) is 4.90 Å². The van der Waals surface area contributed by atoms with Crippen LogP contribution in [0.3, 0.4) is 0 Å². The Morgan fingerprint density at radius 1 is 1.45 bits per heavy atom. The van der Waals surface area contributed by atoms with Gasteiger partial charge in [0.25, 0.3) is 0 Å². The lowest BCUT2D eigenvalue weighted by Crippen LogP contribution is -2.19. The highest BCUT2D eigenvalue weighted by atomic mass is 79.9. The summed E-state index contributed by atoms with van der Waals surface area (Å²) < 4.78 is 6.42. The number of benzene rings is 1. The minimum Gasteiger partial charge on any atom is -0.338 e. The molecule has 1 saturated heterocycles. The first kappa shape index (κ1) is 13.8. The molecule has 1 fully saturated rings. The van der Waals surface area contributed by atoms with Gasteiger partial charge in [0.15, 0.2) is 5.82 Å². The predicted molar refractivity (Wildman–Crippen MR) is 80.3 cm³/mol. The van der Waals surface area contributed by atoms with Crippen LogP contribution < -0.4 is 0 Å². The predicted octanol–water partition coefficient (Wildman–Crippen LogP) is 3.26. The minimum atomic E-state index is 0.708. The highest BCUT2D eigenvalue weighted by molar-refractivity contribution is 9.10. The van der Waals surface area contributed by atoms with Crippen LogP contribution in [-0.4, -0.2) is 28.1 Å². The van der Waals surface area contributed by atoms with Crippen molar-refractivity contribution in [1.82, 2.24) is 15.0 Å². The molecule has 0 radical (unpaired) electrons. The third kappa shape index (κ3) is 3.46. The highest BCUT2D eigenvalue weighted by Crippen LogP contribution is 2.18. The zero-order valence-electron chi connectivity index (χ0n) is 11.6. The number of hydrogen-bond acceptors (Lipinski definition) is 4. The lowest BCUT2D eigenvalue weighted by atomic mass is 10.1. The van der Waals surface area contributed by atoms with Gasteiger partial charge in [-0.05, 0) is 36.6 Å². The van der Waals surface area contributed by atoms with Gasteiger partial charge >= 0.3 is 0 Å². The standard InChI is InChI=1S/C15H18BrN3O/c1-11-5-6-19(9-11)10-15-17-14(18-20-15)8-12-3-2-4-13(16)7-12/h2-4,7,11H,5-6,8-10H2,1H3. The molecule has 106 valence electrons. The van der Waals surface area contributed by atoms with Crippen molar-refractivity contribution in [3.05, 3.63) is 46.0 Å². The molecule has 1 aromatic carbocycles. The first-order valence-electron chi connectivity index (χ1n) is 6.97. The quantitative estimate of drug-likeness (QED) is 0.859. The van der Waals surface area contributed by atoms with Crippen molar-refractivity contribution >= 4 is 15.9 Å². The van der Waals surface area contributed by atoms with E-state index < -0.39 is 0 Å². The molecule has 2 aromatic rings. The molecular formula is C15H18BrN3O. The molecular weight excluding hydrogens is 318 g/mol. The van der Waals surface area contributed by atoms with Crippen LogP contribution in [0.5, 0.6) is 0 Å². The van der Waals surface area contributed by atoms with Crippen LogP contribution in [0, 0.1) is 5.92 Å². The van der Waals surface area contributed by atoms with Gasteiger partial charge in [0.2, 0.25) is 5.89 Å². The Morgan fingerprint density at radius 2 is 2.35 bits per heavy atom. The molecule has 0 aliphatic carbocycles. The maximum Gasteiger partial charge on any atom is 0.240 e. The fraction of sp³-hybridized carbons (Fsp3) is 0.467. The molecule has 1 aliphatic heterocycles. The van der Waals surface area contributed by atoms with E-state index in [1.807, 2.05) is 12.1 Å². The Bertz CT molecular complexity index is 584. The number of rotatable bonds is 4. The zero-order valence-corrected chi connectivity index (χ0v) is 13.1. The van der Waals surface area contributed by atoms with Gasteiger partial charge in [-0.15, -0.1) is 0 Å². The van der Waals surface area contributed by atoms with Gasteiger partial charge in [-0.1, -0.05) is 40.1 Å². The third-order valence-electron chi connectivity index (χ3n) is 3.63. The van der Waals surface area contributed by atoms with Crippen LogP contribution in [0.1, 0.15) is 30.6 Å². The monoisotopic (exact) mass is 335 g/mol. The molecule has 1 unspecified atom stereocenters. The summed E-state index contributed by atoms with van der Waals surface area (Å²) in [7, 11) is 0. The van der Waals surface area contributed by atoms with Crippen molar-refractivity contribution in [3.8, 4) is 0 Å². The molecule has 1 aromatic heterocycles. The minimum absolute atomic E-state index is 0.708. The fourth-order valence-corrected chi connectivity index (χ4v) is 3.06. The lowest BCUT2D eigenvalue weighted by Gasteiger charge is -2.11. The molecule has 2 heterocycles. The summed E-state index contributed by atoms with van der Waals surface area (Å²) in [5.74, 6) is 2.26. The second-order valence-electron chi connectivity index (χ2n) is 5.54. The van der Waals surface area contributed by atoms with Crippen molar-refractivity contribution in [1.29, 1.82) is 0 Å². The van der Waals surface area contributed by atoms with Crippen LogP contribution in [0.4, 0.5) is 0 Å². The van der Waals surface area contributed by atoms with E-state index in [1.54, 1.807) is 0 Å². The molecule has 0 saturated carbocycles. The normalized spacial score (nSPS) is 19.6. The van der Waals surface area contributed by atoms with E-state index in [2.05, 4.69) is 50.0 Å². The Kier molecular flexibility index (Phi) is 4.17. The molecule has 4 nitrogen and oxygen atoms in total. The summed E-state index contributed by atoms with van der Waals surface area (Å²) in [6, 6.07) is 8.19. The first-order valence-corrected chi connectivity index (χ1v) is 7.76. The van der Waals surface area contributed by atoms with Gasteiger partial charge < -0.3 is 4.52 Å². The number of halogens is 1. The van der Waals surface area contributed by atoms with Crippen LogP contribution in [-0.2, 0) is 13.0 Å². The van der Waals surface area contributed by atoms with Crippen LogP contribution in [0.15, 0.2) is 33.3 Å². The van der Waals surface area contributed by atoms with Crippen molar-refractivity contribution in [2.24, 2.45) is 5.92 Å². The van der Waals surface area contributed by atoms with Crippen LogP contribution >= 0.6 is 15.9 Å². The molecule has 0 amide bonds. The molecule has 20 heavy (non-hydrogen) atoms. The molecule has 1 aliphatic rings. The lowest BCUT2D eigenvalue weighted by molar-refractivity contribution is 0.261. The molecule has 0 bridgehead atoms. The smallest absolute Gasteiger partial charge is 0.240 e. The zero-order chi connectivity index (χ0) is 13.9. The van der Waals surface area contributed by atoms with Gasteiger partial charge in [0.05, 0.1) is 6.54 Å². The van der Waals surface area contributed by atoms with E-state index in [0.29, 0.717) is 6.42 Å². The Hall–Kier alpha value is -1.20. The molecule has 0 spiro atoms. The maximum atomic E-state index is 5.35. The Labute approximate surface area is 127 Å². The fourth-order valence-electron chi connectivity index (χ4n) is 2.62. The van der Waals surface area contributed by atoms with Crippen LogP contribution in [0.2, 0.25) is 0 Å². The largest absolute Gasteiger partial charge is 0.338 e. The summed E-state index contributed by atoms with van der Waals surface area (Å²) >= 11 is 3.47. The number of aromatic nitrogens is 2. The first-order chi connectivity index (χ1) is 9.69. The van der Waals surface area contributed by atoms with E-state index >= 15 is 0 Å². The van der Waals surface area contributed by atoms with Gasteiger partial charge in [-0.25, -0.2) is 0 Å². The van der Waals surface area contributed by atoms with Crippen molar-refractivity contribution in [3.63, 3.8) is 0 Å². The summed E-state index contributed by atoms with van der Waals surface area (Å²) in [5, 5.41) is 4.07.